The Morgan fingerprint density at radius 3 is 2.89 bits per heavy atom. The van der Waals surface area contributed by atoms with Gasteiger partial charge < -0.3 is 10.2 Å². The number of nitrogens with one attached hydrogen (secondary N) is 1. The van der Waals surface area contributed by atoms with Gasteiger partial charge in [-0.1, -0.05) is 36.5 Å². The number of amides is 1. The van der Waals surface area contributed by atoms with E-state index < -0.39 is 18.0 Å². The van der Waals surface area contributed by atoms with Crippen LogP contribution >= 0.6 is 24.0 Å². The molecule has 2 heterocycles. The topological polar surface area (TPSA) is 73.2 Å². The number of hydrogen-bond acceptors (Lipinski definition) is 6. The molecule has 3 aliphatic rings. The molecule has 1 aliphatic carbocycles. The minimum absolute atomic E-state index is 0.0677. The summed E-state index contributed by atoms with van der Waals surface area (Å²) in [6, 6.07) is 9.57. The molecule has 0 saturated carbocycles. The van der Waals surface area contributed by atoms with E-state index in [1.807, 2.05) is 6.07 Å². The van der Waals surface area contributed by atoms with E-state index in [1.54, 1.807) is 16.7 Å². The highest BCUT2D eigenvalue weighted by Gasteiger charge is 2.45. The number of aryl methyl sites for hydroxylation is 1. The van der Waals surface area contributed by atoms with Gasteiger partial charge in [-0.2, -0.15) is 5.26 Å². The van der Waals surface area contributed by atoms with Gasteiger partial charge in [0.1, 0.15) is 17.9 Å². The van der Waals surface area contributed by atoms with Crippen LogP contribution in [-0.2, 0) is 22.4 Å². The molecule has 28 heavy (non-hydrogen) atoms. The first-order valence-corrected chi connectivity index (χ1v) is 11.3. The zero-order valence-corrected chi connectivity index (χ0v) is 17.2. The number of carbonyl (C=O) groups is 2. The molecule has 0 spiro atoms. The van der Waals surface area contributed by atoms with Gasteiger partial charge in [-0.15, -0.1) is 11.8 Å². The van der Waals surface area contributed by atoms with Crippen LogP contribution in [0.1, 0.15) is 24.0 Å². The number of nitrogens with zero attached hydrogens (tertiary/aromatic N) is 2. The SMILES string of the molecule is N#C[C@@H]1CSCN1C(=O)[C@H]1NCC(=S)C1C(=O)C[C@H]1CCc2ccccc2C1. The number of thioether (sulfide) groups is 1. The lowest BCUT2D eigenvalue weighted by Crippen LogP contribution is -2.50. The van der Waals surface area contributed by atoms with Crippen molar-refractivity contribution >= 4 is 40.5 Å². The van der Waals surface area contributed by atoms with Crippen LogP contribution in [0.25, 0.3) is 0 Å². The fourth-order valence-corrected chi connectivity index (χ4v) is 5.96. The fourth-order valence-electron chi connectivity index (χ4n) is 4.52. The Morgan fingerprint density at radius 2 is 2.11 bits per heavy atom. The number of hydrogen-bond donors (Lipinski definition) is 1. The molecule has 2 saturated heterocycles. The average Bonchev–Trinajstić information content (AvgIpc) is 3.33. The Bertz CT molecular complexity index is 850. The van der Waals surface area contributed by atoms with Crippen LogP contribution in [-0.4, -0.2) is 51.7 Å². The standard InChI is InChI=1S/C21H23N3O2S2/c22-9-16-11-28-12-24(16)21(26)20-19(18(27)10-23-20)17(25)8-13-5-6-14-3-1-2-4-15(14)7-13/h1-4,13,16,19-20,23H,5-8,10-12H2/t13-,16+,19?,20-/m0/s1. The summed E-state index contributed by atoms with van der Waals surface area (Å²) in [5, 5.41) is 12.4. The number of rotatable bonds is 4. The molecule has 2 aliphatic heterocycles. The van der Waals surface area contributed by atoms with Gasteiger partial charge in [0.05, 0.1) is 17.9 Å². The van der Waals surface area contributed by atoms with Gasteiger partial charge in [0, 0.05) is 23.6 Å². The number of nitriles is 1. The maximum Gasteiger partial charge on any atom is 0.242 e. The highest BCUT2D eigenvalue weighted by molar-refractivity contribution is 7.99. The van der Waals surface area contributed by atoms with E-state index in [0.717, 1.165) is 19.3 Å². The number of benzene rings is 1. The molecule has 0 bridgehead atoms. The van der Waals surface area contributed by atoms with Crippen LogP contribution in [0.5, 0.6) is 0 Å². The summed E-state index contributed by atoms with van der Waals surface area (Å²) in [6.07, 6.45) is 3.36. The van der Waals surface area contributed by atoms with Gasteiger partial charge in [-0.25, -0.2) is 0 Å². The molecular formula is C21H23N3O2S2. The summed E-state index contributed by atoms with van der Waals surface area (Å²) in [4.78, 5) is 28.4. The Balaban J connectivity index is 1.44. The Hall–Kier alpha value is -1.75. The third-order valence-electron chi connectivity index (χ3n) is 6.04. The van der Waals surface area contributed by atoms with Crippen molar-refractivity contribution in [2.45, 2.75) is 37.8 Å². The van der Waals surface area contributed by atoms with Crippen LogP contribution in [0.4, 0.5) is 0 Å². The molecule has 1 aromatic rings. The van der Waals surface area contributed by atoms with E-state index in [2.05, 4.69) is 29.6 Å². The molecule has 0 aromatic heterocycles. The summed E-state index contributed by atoms with van der Waals surface area (Å²) in [6.45, 7) is 0.411. The van der Waals surface area contributed by atoms with Crippen molar-refractivity contribution < 1.29 is 9.59 Å². The van der Waals surface area contributed by atoms with E-state index in [1.165, 1.54) is 11.1 Å². The summed E-state index contributed by atoms with van der Waals surface area (Å²) < 4.78 is 0. The van der Waals surface area contributed by atoms with Crippen molar-refractivity contribution in [3.63, 3.8) is 0 Å². The average molecular weight is 414 g/mol. The number of carbonyl (C=O) groups excluding carboxylic acids is 2. The zero-order valence-electron chi connectivity index (χ0n) is 15.6. The van der Waals surface area contributed by atoms with Gasteiger partial charge in [-0.05, 0) is 36.3 Å². The monoisotopic (exact) mass is 413 g/mol. The zero-order chi connectivity index (χ0) is 19.7. The van der Waals surface area contributed by atoms with E-state index in [0.29, 0.717) is 35.4 Å². The maximum atomic E-state index is 13.1. The number of ketones is 1. The molecule has 2 fully saturated rings. The third kappa shape index (κ3) is 3.73. The summed E-state index contributed by atoms with van der Waals surface area (Å²) in [7, 11) is 0. The number of fused-ring (bicyclic) bond motifs is 1. The minimum Gasteiger partial charge on any atom is -0.315 e. The van der Waals surface area contributed by atoms with Crippen molar-refractivity contribution in [1.82, 2.24) is 10.2 Å². The molecule has 4 rings (SSSR count). The quantitative estimate of drug-likeness (QED) is 0.763. The third-order valence-corrected chi connectivity index (χ3v) is 7.45. The van der Waals surface area contributed by atoms with E-state index >= 15 is 0 Å². The summed E-state index contributed by atoms with van der Waals surface area (Å²) >= 11 is 7.02. The second-order valence-corrected chi connectivity index (χ2v) is 9.33. The first kappa shape index (κ1) is 19.6. The van der Waals surface area contributed by atoms with Crippen LogP contribution in [0.2, 0.25) is 0 Å². The maximum absolute atomic E-state index is 13.1. The molecule has 146 valence electrons. The molecule has 1 N–H and O–H groups in total. The highest BCUT2D eigenvalue weighted by atomic mass is 32.2. The smallest absolute Gasteiger partial charge is 0.242 e. The van der Waals surface area contributed by atoms with Gasteiger partial charge in [-0.3, -0.25) is 9.59 Å². The molecule has 5 nitrogen and oxygen atoms in total. The number of Topliss-reactive ketones (excluding diaryl/α,β-unsaturated/α-hetero) is 1. The Labute approximate surface area is 174 Å². The first-order chi connectivity index (χ1) is 13.6. The van der Waals surface area contributed by atoms with E-state index in [4.69, 9.17) is 12.2 Å². The van der Waals surface area contributed by atoms with Crippen LogP contribution in [0.15, 0.2) is 24.3 Å². The van der Waals surface area contributed by atoms with Gasteiger partial charge in [0.25, 0.3) is 0 Å². The van der Waals surface area contributed by atoms with Gasteiger partial charge >= 0.3 is 0 Å². The predicted octanol–water partition coefficient (Wildman–Crippen LogP) is 2.13. The first-order valence-electron chi connectivity index (χ1n) is 9.72. The fraction of sp³-hybridized carbons (Fsp3) is 0.524. The Kier molecular flexibility index (Phi) is 5.81. The van der Waals surface area contributed by atoms with E-state index in [-0.39, 0.29) is 11.7 Å². The van der Waals surface area contributed by atoms with Crippen molar-refractivity contribution in [3.8, 4) is 6.07 Å². The molecule has 4 atom stereocenters. The molecule has 1 aromatic carbocycles. The summed E-state index contributed by atoms with van der Waals surface area (Å²) in [5.41, 5.74) is 2.71. The number of thiocarbonyl (C=S) groups is 1. The lowest BCUT2D eigenvalue weighted by Gasteiger charge is -2.28. The van der Waals surface area contributed by atoms with Crippen molar-refractivity contribution in [1.29, 1.82) is 5.26 Å². The second-order valence-electron chi connectivity index (χ2n) is 7.80. The van der Waals surface area contributed by atoms with E-state index in [9.17, 15) is 14.9 Å². The lowest BCUT2D eigenvalue weighted by molar-refractivity contribution is -0.136. The van der Waals surface area contributed by atoms with Crippen LogP contribution in [0, 0.1) is 23.2 Å². The molecular weight excluding hydrogens is 390 g/mol. The van der Waals surface area contributed by atoms with Gasteiger partial charge in [0.2, 0.25) is 5.91 Å². The molecule has 7 heteroatoms. The predicted molar refractivity (Wildman–Crippen MR) is 113 cm³/mol. The van der Waals surface area contributed by atoms with Crippen molar-refractivity contribution in [3.05, 3.63) is 35.4 Å². The van der Waals surface area contributed by atoms with Crippen LogP contribution < -0.4 is 5.32 Å². The molecule has 1 unspecified atom stereocenters. The van der Waals surface area contributed by atoms with Gasteiger partial charge in [0.15, 0.2) is 0 Å². The second kappa shape index (κ2) is 8.32. The Morgan fingerprint density at radius 1 is 1.32 bits per heavy atom. The molecule has 0 radical (unpaired) electrons. The largest absolute Gasteiger partial charge is 0.315 e. The highest BCUT2D eigenvalue weighted by Crippen LogP contribution is 2.31. The minimum atomic E-state index is -0.620. The normalized spacial score (nSPS) is 29.4. The lowest BCUT2D eigenvalue weighted by atomic mass is 9.79. The summed E-state index contributed by atoms with van der Waals surface area (Å²) in [5.74, 6) is 0.782. The van der Waals surface area contributed by atoms with Crippen molar-refractivity contribution in [2.75, 3.05) is 18.2 Å². The van der Waals surface area contributed by atoms with Crippen molar-refractivity contribution in [2.24, 2.45) is 11.8 Å². The molecule has 1 amide bonds. The van der Waals surface area contributed by atoms with Crippen LogP contribution in [0.3, 0.4) is 0 Å².